The molecule has 1 aliphatic heterocycles. The number of hydrogen-bond donors (Lipinski definition) is 1. The van der Waals surface area contributed by atoms with Gasteiger partial charge in [0.1, 0.15) is 17.2 Å². The van der Waals surface area contributed by atoms with Crippen molar-refractivity contribution in [1.82, 2.24) is 10.2 Å². The average molecular weight is 351 g/mol. The van der Waals surface area contributed by atoms with Crippen molar-refractivity contribution in [3.05, 3.63) is 19.1 Å². The number of nitrogens with zero attached hydrogens (tertiary/aromatic N) is 1. The van der Waals surface area contributed by atoms with Crippen LogP contribution in [0.25, 0.3) is 0 Å². The summed E-state index contributed by atoms with van der Waals surface area (Å²) in [5, 5.41) is 2.79. The Kier molecular flexibility index (Phi) is 5.44. The highest BCUT2D eigenvalue weighted by molar-refractivity contribution is 5.95. The van der Waals surface area contributed by atoms with Gasteiger partial charge in [-0.25, -0.2) is 9.59 Å². The molecule has 1 N–H and O–H groups in total. The van der Waals surface area contributed by atoms with E-state index in [0.717, 1.165) is 0 Å². The normalized spacial score (nSPS) is 28.2. The summed E-state index contributed by atoms with van der Waals surface area (Å²) in [6.07, 6.45) is 3.84. The lowest BCUT2D eigenvalue weighted by Gasteiger charge is -2.29. The summed E-state index contributed by atoms with van der Waals surface area (Å²) in [7, 11) is 0. The fourth-order valence-electron chi connectivity index (χ4n) is 2.96. The van der Waals surface area contributed by atoms with Gasteiger partial charge in [-0.1, -0.05) is 6.08 Å². The summed E-state index contributed by atoms with van der Waals surface area (Å²) in [6, 6.07) is -0.688. The number of nitrogens with one attached hydrogen (secondary N) is 1. The zero-order valence-corrected chi connectivity index (χ0v) is 15.3. The molecule has 0 spiro atoms. The quantitative estimate of drug-likeness (QED) is 0.603. The van der Waals surface area contributed by atoms with Gasteiger partial charge in [-0.05, 0) is 47.0 Å². The Labute approximate surface area is 148 Å². The highest BCUT2D eigenvalue weighted by atomic mass is 16.6. The molecule has 0 aromatic rings. The van der Waals surface area contributed by atoms with Gasteiger partial charge < -0.3 is 14.8 Å². The fraction of sp³-hybridized carbons (Fsp3) is 0.667. The van der Waals surface area contributed by atoms with Crippen LogP contribution >= 0.6 is 0 Å². The van der Waals surface area contributed by atoms with E-state index >= 15 is 0 Å². The van der Waals surface area contributed by atoms with Crippen molar-refractivity contribution in [2.75, 3.05) is 13.2 Å². The third-order valence-corrected chi connectivity index (χ3v) is 4.31. The third-order valence-electron chi connectivity index (χ3n) is 4.31. The van der Waals surface area contributed by atoms with E-state index in [-0.39, 0.29) is 18.4 Å². The summed E-state index contributed by atoms with van der Waals surface area (Å²) in [4.78, 5) is 38.7. The lowest BCUT2D eigenvalue weighted by molar-refractivity contribution is -0.149. The van der Waals surface area contributed by atoms with Crippen molar-refractivity contribution in [2.24, 2.45) is 5.92 Å². The predicted octanol–water partition coefficient (Wildman–Crippen LogP) is 1.82. The molecule has 0 bridgehead atoms. The Bertz CT molecular complexity index is 568. The number of amides is 2. The number of rotatable bonds is 5. The Hall–Kier alpha value is -2.05. The maximum atomic E-state index is 12.7. The Morgan fingerprint density at radius 1 is 1.40 bits per heavy atom. The van der Waals surface area contributed by atoms with Crippen LogP contribution in [0.5, 0.6) is 0 Å². The van der Waals surface area contributed by atoms with Crippen LogP contribution in [-0.2, 0) is 19.1 Å². The van der Waals surface area contributed by atoms with Gasteiger partial charge in [-0.2, -0.15) is 0 Å². The SMILES string of the molecule is C=C[C@@H]1C[C@]1(NC(=O)[C@@H]1C[CH]CN1C(=O)OC(C)(C)C)C(=O)OCC. The standard InChI is InChI=1S/C18H27N2O5/c1-6-12-11-18(12,15(22)24-7-2)19-14(21)13-9-8-10-20(13)16(23)25-17(3,4)5/h6,8,12-13H,1,7,9-11H2,2-5H3,(H,19,21)/t12-,13+,18-/m1/s1. The highest BCUT2D eigenvalue weighted by Gasteiger charge is 2.61. The second-order valence-corrected chi connectivity index (χ2v) is 7.40. The van der Waals surface area contributed by atoms with Crippen LogP contribution in [0.2, 0.25) is 0 Å². The maximum Gasteiger partial charge on any atom is 0.410 e. The molecule has 2 fully saturated rings. The van der Waals surface area contributed by atoms with E-state index in [1.807, 2.05) is 6.42 Å². The molecular formula is C18H27N2O5. The molecule has 2 amide bonds. The van der Waals surface area contributed by atoms with Crippen LogP contribution < -0.4 is 5.32 Å². The van der Waals surface area contributed by atoms with E-state index < -0.39 is 29.2 Å². The van der Waals surface area contributed by atoms with Crippen molar-refractivity contribution in [3.63, 3.8) is 0 Å². The summed E-state index contributed by atoms with van der Waals surface area (Å²) in [5.74, 6) is -0.994. The number of esters is 1. The second-order valence-electron chi connectivity index (χ2n) is 7.40. The number of carbonyl (C=O) groups excluding carboxylic acids is 3. The molecule has 1 heterocycles. The molecule has 0 unspecified atom stereocenters. The van der Waals surface area contributed by atoms with Crippen LogP contribution in [0.3, 0.4) is 0 Å². The Morgan fingerprint density at radius 3 is 2.60 bits per heavy atom. The van der Waals surface area contributed by atoms with Gasteiger partial charge in [-0.3, -0.25) is 9.69 Å². The van der Waals surface area contributed by atoms with E-state index in [4.69, 9.17) is 9.47 Å². The average Bonchev–Trinajstić information content (AvgIpc) is 3.00. The van der Waals surface area contributed by atoms with Crippen LogP contribution in [-0.4, -0.2) is 53.2 Å². The topological polar surface area (TPSA) is 84.9 Å². The third kappa shape index (κ3) is 4.14. The molecule has 1 aliphatic carbocycles. The van der Waals surface area contributed by atoms with Crippen molar-refractivity contribution in [1.29, 1.82) is 0 Å². The minimum atomic E-state index is -1.06. The first-order chi connectivity index (χ1) is 11.6. The number of hydrogen-bond acceptors (Lipinski definition) is 5. The van der Waals surface area contributed by atoms with Gasteiger partial charge in [-0.15, -0.1) is 6.58 Å². The molecule has 2 aliphatic rings. The molecule has 3 atom stereocenters. The van der Waals surface area contributed by atoms with Gasteiger partial charge >= 0.3 is 12.1 Å². The molecule has 2 rings (SSSR count). The summed E-state index contributed by atoms with van der Waals surface area (Å²) < 4.78 is 10.4. The first-order valence-electron chi connectivity index (χ1n) is 8.57. The lowest BCUT2D eigenvalue weighted by atomic mass is 10.1. The molecule has 7 heteroatoms. The molecule has 139 valence electrons. The fourth-order valence-corrected chi connectivity index (χ4v) is 2.96. The monoisotopic (exact) mass is 351 g/mol. The lowest BCUT2D eigenvalue weighted by Crippen LogP contribution is -2.53. The van der Waals surface area contributed by atoms with E-state index in [1.165, 1.54) is 4.90 Å². The van der Waals surface area contributed by atoms with E-state index in [9.17, 15) is 14.4 Å². The van der Waals surface area contributed by atoms with Gasteiger partial charge in [0.05, 0.1) is 6.61 Å². The highest BCUT2D eigenvalue weighted by Crippen LogP contribution is 2.45. The van der Waals surface area contributed by atoms with Crippen LogP contribution in [0.1, 0.15) is 40.5 Å². The van der Waals surface area contributed by atoms with Gasteiger partial charge in [0.15, 0.2) is 0 Å². The molecule has 7 nitrogen and oxygen atoms in total. The Balaban J connectivity index is 2.07. The van der Waals surface area contributed by atoms with E-state index in [1.54, 1.807) is 33.8 Å². The smallest absolute Gasteiger partial charge is 0.410 e. The zero-order valence-electron chi connectivity index (χ0n) is 15.3. The predicted molar refractivity (Wildman–Crippen MR) is 91.5 cm³/mol. The minimum absolute atomic E-state index is 0.157. The molecular weight excluding hydrogens is 324 g/mol. The molecule has 1 saturated heterocycles. The molecule has 0 aromatic heterocycles. The van der Waals surface area contributed by atoms with Gasteiger partial charge in [0.2, 0.25) is 5.91 Å². The number of ether oxygens (including phenoxy) is 2. The molecule has 0 aromatic carbocycles. The van der Waals surface area contributed by atoms with Crippen molar-refractivity contribution < 1.29 is 23.9 Å². The van der Waals surface area contributed by atoms with Gasteiger partial charge in [0, 0.05) is 12.5 Å². The van der Waals surface area contributed by atoms with Crippen molar-refractivity contribution in [2.45, 2.75) is 57.7 Å². The molecule has 25 heavy (non-hydrogen) atoms. The first-order valence-corrected chi connectivity index (χ1v) is 8.57. The van der Waals surface area contributed by atoms with E-state index in [0.29, 0.717) is 19.4 Å². The van der Waals surface area contributed by atoms with Gasteiger partial charge in [0.25, 0.3) is 0 Å². The van der Waals surface area contributed by atoms with Crippen LogP contribution in [0.4, 0.5) is 4.79 Å². The number of carbonyl (C=O) groups is 3. The molecule has 1 saturated carbocycles. The van der Waals surface area contributed by atoms with Crippen LogP contribution in [0.15, 0.2) is 12.7 Å². The largest absolute Gasteiger partial charge is 0.464 e. The summed E-state index contributed by atoms with van der Waals surface area (Å²) in [6.45, 7) is 11.3. The van der Waals surface area contributed by atoms with Crippen molar-refractivity contribution >= 4 is 18.0 Å². The van der Waals surface area contributed by atoms with E-state index in [2.05, 4.69) is 11.9 Å². The zero-order chi connectivity index (χ0) is 18.8. The molecule has 1 radical (unpaired) electrons. The minimum Gasteiger partial charge on any atom is -0.464 e. The second kappa shape index (κ2) is 7.06. The number of likely N-dealkylation sites (tertiary alicyclic amines) is 1. The van der Waals surface area contributed by atoms with Crippen LogP contribution in [0, 0.1) is 12.3 Å². The summed E-state index contributed by atoms with van der Waals surface area (Å²) >= 11 is 0. The maximum absolute atomic E-state index is 12.7. The first kappa shape index (κ1) is 19.3. The summed E-state index contributed by atoms with van der Waals surface area (Å²) in [5.41, 5.74) is -1.70. The Morgan fingerprint density at radius 2 is 2.08 bits per heavy atom. The van der Waals surface area contributed by atoms with Crippen molar-refractivity contribution in [3.8, 4) is 0 Å².